The van der Waals surface area contributed by atoms with Gasteiger partial charge in [0.15, 0.2) is 0 Å². The summed E-state index contributed by atoms with van der Waals surface area (Å²) in [6.45, 7) is 7.46. The summed E-state index contributed by atoms with van der Waals surface area (Å²) in [5, 5.41) is 71.4. The summed E-state index contributed by atoms with van der Waals surface area (Å²) in [5.41, 5.74) is 9.33. The molecule has 2 unspecified atom stereocenters. The van der Waals surface area contributed by atoms with E-state index in [0.717, 1.165) is 124 Å². The van der Waals surface area contributed by atoms with E-state index in [2.05, 4.69) is 101 Å². The summed E-state index contributed by atoms with van der Waals surface area (Å²) < 4.78 is 5.59. The Labute approximate surface area is 559 Å². The number of azo groups is 4. The van der Waals surface area contributed by atoms with E-state index in [1.54, 1.807) is 0 Å². The second-order valence-electron chi connectivity index (χ2n) is 24.9. The lowest BCUT2D eigenvalue weighted by Crippen LogP contribution is -2.46. The number of hydrogen-bond donors (Lipinski definition) is 6. The van der Waals surface area contributed by atoms with Gasteiger partial charge in [0.25, 0.3) is 0 Å². The van der Waals surface area contributed by atoms with Gasteiger partial charge in [-0.3, -0.25) is 0 Å². The Morgan fingerprint density at radius 1 is 0.379 bits per heavy atom. The van der Waals surface area contributed by atoms with Gasteiger partial charge in [0, 0.05) is 91.8 Å². The molecule has 12 rings (SSSR count). The number of nitrogens with zero attached hydrogens (tertiary/aromatic N) is 8. The molecule has 1 amide bonds. The minimum atomic E-state index is -0.503. The lowest BCUT2D eigenvalue weighted by atomic mass is 9.97. The highest BCUT2D eigenvalue weighted by Gasteiger charge is 2.32. The zero-order valence-electron chi connectivity index (χ0n) is 54.5. The molecule has 0 fully saturated rings. The van der Waals surface area contributed by atoms with Crippen molar-refractivity contribution < 1.29 is 14.6 Å². The second-order valence-corrected chi connectivity index (χ2v) is 24.9. The van der Waals surface area contributed by atoms with Crippen LogP contribution in [0.3, 0.4) is 0 Å². The Morgan fingerprint density at radius 3 is 1.08 bits per heavy atom. The third-order valence-electron chi connectivity index (χ3n) is 17.5. The minimum absolute atomic E-state index is 0. The van der Waals surface area contributed by atoms with Crippen LogP contribution in [0.5, 0.6) is 0 Å². The van der Waals surface area contributed by atoms with Gasteiger partial charge in [-0.1, -0.05) is 213 Å². The quantitative estimate of drug-likeness (QED) is 0.0197. The predicted octanol–water partition coefficient (Wildman–Crippen LogP) is 24.8. The number of amides is 1. The molecule has 0 radical (unpaired) electrons. The maximum Gasteiger partial charge on any atom is 0.407 e. The van der Waals surface area contributed by atoms with E-state index in [0.29, 0.717) is 26.0 Å². The highest BCUT2D eigenvalue weighted by molar-refractivity contribution is 6.11. The number of unbranched alkanes of at least 4 members (excludes halogenated alkanes) is 14. The summed E-state index contributed by atoms with van der Waals surface area (Å²) in [5.74, 6) is 0. The van der Waals surface area contributed by atoms with Gasteiger partial charge >= 0.3 is 6.09 Å². The maximum absolute atomic E-state index is 12.5. The maximum atomic E-state index is 12.5. The van der Waals surface area contributed by atoms with E-state index in [1.807, 2.05) is 171 Å². The summed E-state index contributed by atoms with van der Waals surface area (Å²) in [6.07, 6.45) is 20.7. The number of benzene rings is 10. The lowest BCUT2D eigenvalue weighted by molar-refractivity contribution is 0.139. The molecular formula is C79H91N13O3. The van der Waals surface area contributed by atoms with Crippen LogP contribution in [-0.4, -0.2) is 42.3 Å². The van der Waals surface area contributed by atoms with Crippen molar-refractivity contribution in [2.45, 2.75) is 149 Å². The van der Waals surface area contributed by atoms with Crippen LogP contribution in [0, 0.1) is 0 Å². The normalized spacial score (nSPS) is 15.6. The van der Waals surface area contributed by atoms with Crippen molar-refractivity contribution >= 4 is 117 Å². The molecule has 0 bridgehead atoms. The Bertz CT molecular complexity index is 4260. The van der Waals surface area contributed by atoms with Gasteiger partial charge in [-0.25, -0.2) is 4.79 Å². The SMILES string of the molecule is C.CC1(CCO)Nc2cccc3c(N=Nc4ccc(N=Nc5ccccc5)c5ccccc45)ccc(c23)N1.CCCCCCCCCCCCCCCCCNC(=O)OCCC1(C)Nc2cccc3c(N=Nc4ccc(N=Nc5ccccc5)c5ccccc45)ccc(c23)N1. The van der Waals surface area contributed by atoms with Crippen molar-refractivity contribution in [1.29, 1.82) is 0 Å². The first kappa shape index (κ1) is 67.9. The summed E-state index contributed by atoms with van der Waals surface area (Å²) >= 11 is 0. The van der Waals surface area contributed by atoms with E-state index >= 15 is 0 Å². The van der Waals surface area contributed by atoms with E-state index in [-0.39, 0.29) is 20.1 Å². The van der Waals surface area contributed by atoms with Gasteiger partial charge in [0.1, 0.15) is 11.3 Å². The van der Waals surface area contributed by atoms with E-state index < -0.39 is 11.3 Å². The van der Waals surface area contributed by atoms with E-state index in [1.165, 1.54) is 83.5 Å². The second kappa shape index (κ2) is 33.8. The molecule has 0 saturated carbocycles. The molecule has 10 aromatic carbocycles. The molecule has 0 aliphatic carbocycles. The van der Waals surface area contributed by atoms with Crippen LogP contribution in [0.2, 0.25) is 0 Å². The molecule has 16 heteroatoms. The molecule has 2 aliphatic heterocycles. The molecule has 6 N–H and O–H groups in total. The highest BCUT2D eigenvalue weighted by atomic mass is 16.5. The summed E-state index contributed by atoms with van der Waals surface area (Å²) in [6, 6.07) is 63.6. The van der Waals surface area contributed by atoms with Crippen molar-refractivity contribution in [2.75, 3.05) is 41.0 Å². The number of hydrogen-bond acceptors (Lipinski definition) is 15. The van der Waals surface area contributed by atoms with Crippen LogP contribution in [0.15, 0.2) is 235 Å². The highest BCUT2D eigenvalue weighted by Crippen LogP contribution is 2.46. The zero-order valence-corrected chi connectivity index (χ0v) is 54.5. The van der Waals surface area contributed by atoms with Gasteiger partial charge in [-0.15, -0.1) is 30.7 Å². The standard InChI is InChI=1S/C48H61N7O2.C30H26N6O.CH4/c1-3-4-5-6-7-8-9-10-11-12-13-14-15-16-22-35-49-47(56)57-36-34-48(2)50-44-29-23-28-40-43(32-33-45(51-48)46(40)44)55-54-42-31-30-41(38-26-20-21-27-39(38)42)53-52-37-24-18-17-19-25-37;1-30(18-19-37)31-27-13-7-12-23-26(16-17-28(32-30)29(23)27)36-35-25-15-14-24(21-10-5-6-11-22(21)25)34-33-20-8-3-2-4-9-20;/h17-21,23-33,50-51H,3-16,22,34-36H2,1-2H3,(H,49,56);2-17,31-32,37H,18-19H2,1H3;1H4. The van der Waals surface area contributed by atoms with E-state index in [9.17, 15) is 9.90 Å². The number of nitrogens with one attached hydrogen (secondary N) is 5. The predicted molar refractivity (Wildman–Crippen MR) is 394 cm³/mol. The molecule has 2 atom stereocenters. The number of aliphatic hydroxyl groups is 1. The number of rotatable bonds is 29. The first-order valence-electron chi connectivity index (χ1n) is 33.7. The Morgan fingerprint density at radius 2 is 0.695 bits per heavy atom. The molecule has 2 heterocycles. The van der Waals surface area contributed by atoms with Gasteiger partial charge in [-0.05, 0) is 105 Å². The summed E-state index contributed by atoms with van der Waals surface area (Å²) in [7, 11) is 0. The summed E-state index contributed by atoms with van der Waals surface area (Å²) in [4.78, 5) is 12.5. The van der Waals surface area contributed by atoms with Gasteiger partial charge in [0.05, 0.1) is 52.1 Å². The van der Waals surface area contributed by atoms with Crippen LogP contribution in [0.4, 0.5) is 73.0 Å². The first-order valence-corrected chi connectivity index (χ1v) is 33.7. The van der Waals surface area contributed by atoms with Crippen molar-refractivity contribution in [1.82, 2.24) is 5.32 Å². The number of alkyl carbamates (subject to hydrolysis) is 1. The lowest BCUT2D eigenvalue weighted by Gasteiger charge is -2.38. The smallest absolute Gasteiger partial charge is 0.407 e. The third-order valence-corrected chi connectivity index (χ3v) is 17.5. The Hall–Kier alpha value is -9.93. The van der Waals surface area contributed by atoms with Crippen LogP contribution in [0.1, 0.15) is 137 Å². The van der Waals surface area contributed by atoms with Crippen molar-refractivity contribution in [3.63, 3.8) is 0 Å². The van der Waals surface area contributed by atoms with Gasteiger partial charge in [0.2, 0.25) is 0 Å². The van der Waals surface area contributed by atoms with Crippen LogP contribution in [-0.2, 0) is 4.74 Å². The van der Waals surface area contributed by atoms with Crippen LogP contribution in [0.25, 0.3) is 43.1 Å². The fourth-order valence-corrected chi connectivity index (χ4v) is 12.5. The first-order chi connectivity index (χ1) is 46.2. The number of fused-ring (bicyclic) bond motifs is 2. The molecule has 16 nitrogen and oxygen atoms in total. The molecule has 0 aromatic heterocycles. The van der Waals surface area contributed by atoms with E-state index in [4.69, 9.17) is 15.0 Å². The topological polar surface area (TPSA) is 206 Å². The number of aliphatic hydroxyl groups excluding tert-OH is 1. The number of anilines is 4. The molecule has 490 valence electrons. The molecule has 10 aromatic rings. The fourth-order valence-electron chi connectivity index (χ4n) is 12.5. The van der Waals surface area contributed by atoms with Crippen molar-refractivity contribution in [3.05, 3.63) is 194 Å². The fraction of sp³-hybridized carbons (Fsp3) is 0.329. The third kappa shape index (κ3) is 18.1. The number of carbonyl (C=O) groups is 1. The molecule has 0 spiro atoms. The molecule has 2 aliphatic rings. The molecule has 95 heavy (non-hydrogen) atoms. The van der Waals surface area contributed by atoms with Gasteiger partial charge < -0.3 is 36.4 Å². The average Bonchev–Trinajstić information content (AvgIpc) is 0.822. The minimum Gasteiger partial charge on any atom is -0.449 e. The molecular weight excluding hydrogens is 1180 g/mol. The van der Waals surface area contributed by atoms with Gasteiger partial charge in [-0.2, -0.15) is 10.2 Å². The molecule has 0 saturated heterocycles. The number of carbonyl (C=O) groups excluding carboxylic acids is 1. The monoisotopic (exact) mass is 1270 g/mol. The number of ether oxygens (including phenoxy) is 1. The van der Waals surface area contributed by atoms with Crippen molar-refractivity contribution in [3.8, 4) is 0 Å². The van der Waals surface area contributed by atoms with Crippen molar-refractivity contribution in [2.24, 2.45) is 40.9 Å². The zero-order chi connectivity index (χ0) is 64.8. The van der Waals surface area contributed by atoms with Crippen LogP contribution >= 0.6 is 0 Å². The Balaban J connectivity index is 0.000000223. The largest absolute Gasteiger partial charge is 0.449 e. The average molecular weight is 1270 g/mol. The van der Waals surface area contributed by atoms with Crippen LogP contribution < -0.4 is 26.6 Å². The Kier molecular flexibility index (Phi) is 24.2.